The van der Waals surface area contributed by atoms with Gasteiger partial charge in [0.2, 0.25) is 5.91 Å². The van der Waals surface area contributed by atoms with Crippen molar-refractivity contribution in [1.82, 2.24) is 20.3 Å². The smallest absolute Gasteiger partial charge is 0.227 e. The number of ether oxygens (including phenoxy) is 1. The minimum atomic E-state index is 0.0555. The van der Waals surface area contributed by atoms with Crippen molar-refractivity contribution in [2.45, 2.75) is 58.8 Å². The van der Waals surface area contributed by atoms with Crippen LogP contribution >= 0.6 is 0 Å². The van der Waals surface area contributed by atoms with Crippen LogP contribution < -0.4 is 15.4 Å². The molecule has 0 atom stereocenters. The van der Waals surface area contributed by atoms with Crippen molar-refractivity contribution in [3.8, 4) is 16.9 Å². The van der Waals surface area contributed by atoms with Crippen LogP contribution in [-0.2, 0) is 4.79 Å². The van der Waals surface area contributed by atoms with E-state index in [0.717, 1.165) is 73.2 Å². The number of unbranched alkanes of at least 4 members (excludes halogenated alkanes) is 1. The van der Waals surface area contributed by atoms with E-state index in [2.05, 4.69) is 32.5 Å². The highest BCUT2D eigenvalue weighted by molar-refractivity contribution is 5.97. The second kappa shape index (κ2) is 12.3. The fourth-order valence-corrected chi connectivity index (χ4v) is 4.71. The molecule has 5 rings (SSSR count). The lowest BCUT2D eigenvalue weighted by molar-refractivity contribution is -0.121. The Kier molecular flexibility index (Phi) is 8.43. The van der Waals surface area contributed by atoms with Crippen LogP contribution in [0, 0.1) is 18.8 Å². The first-order valence-electron chi connectivity index (χ1n) is 14.2. The van der Waals surface area contributed by atoms with Gasteiger partial charge in [-0.1, -0.05) is 44.0 Å². The van der Waals surface area contributed by atoms with Gasteiger partial charge in [0.1, 0.15) is 11.4 Å². The third-order valence-corrected chi connectivity index (χ3v) is 7.42. The minimum absolute atomic E-state index is 0.0555. The van der Waals surface area contributed by atoms with E-state index in [0.29, 0.717) is 23.0 Å². The molecule has 40 heavy (non-hydrogen) atoms. The number of amides is 1. The van der Waals surface area contributed by atoms with Crippen LogP contribution in [0.2, 0.25) is 0 Å². The van der Waals surface area contributed by atoms with Crippen LogP contribution in [0.15, 0.2) is 60.6 Å². The van der Waals surface area contributed by atoms with E-state index < -0.39 is 0 Å². The van der Waals surface area contributed by atoms with Crippen LogP contribution in [0.25, 0.3) is 16.8 Å². The lowest BCUT2D eigenvalue weighted by atomic mass is 9.81. The van der Waals surface area contributed by atoms with E-state index in [1.54, 1.807) is 25.6 Å². The summed E-state index contributed by atoms with van der Waals surface area (Å²) in [5.74, 6) is 1.68. The SMILES string of the molecule is CCC/C=C(/C=C(/Nc1cccc(-c2ccc(C(=O)C3CCC3)nc2)c1OC)c1ncc(C)[nH]1)NC(=O)C1CC1. The standard InChI is InChI=1S/C32H37N5O3/c1-4-5-10-24(36-32(39)22-13-14-22)17-28(31-34-18-20(2)35-31)37-27-12-7-11-25(30(27)40-3)23-15-16-26(33-19-23)29(38)21-8-6-9-21/h7,10-12,15-19,21-22,37H,4-6,8-9,13-14H2,1-3H3,(H,34,35)(H,36,39)/b24-10-,28-17+. The number of nitrogens with zero attached hydrogens (tertiary/aromatic N) is 2. The number of allylic oxidation sites excluding steroid dienone is 2. The Morgan fingerprint density at radius 1 is 1.07 bits per heavy atom. The number of pyridine rings is 1. The first-order chi connectivity index (χ1) is 19.5. The van der Waals surface area contributed by atoms with Crippen molar-refractivity contribution >= 4 is 23.1 Å². The Morgan fingerprint density at radius 3 is 2.50 bits per heavy atom. The van der Waals surface area contributed by atoms with Gasteiger partial charge < -0.3 is 20.4 Å². The Hall–Kier alpha value is -4.20. The number of anilines is 1. The summed E-state index contributed by atoms with van der Waals surface area (Å²) < 4.78 is 5.89. The molecule has 2 aromatic heterocycles. The summed E-state index contributed by atoms with van der Waals surface area (Å²) in [6, 6.07) is 9.58. The number of imidazole rings is 1. The van der Waals surface area contributed by atoms with Gasteiger partial charge in [0.05, 0.1) is 18.5 Å². The third-order valence-electron chi connectivity index (χ3n) is 7.42. The molecule has 0 aliphatic heterocycles. The summed E-state index contributed by atoms with van der Waals surface area (Å²) in [6.45, 7) is 4.06. The van der Waals surface area contributed by atoms with Crippen LogP contribution in [0.3, 0.4) is 0 Å². The normalized spacial score (nSPS) is 15.9. The Labute approximate surface area is 235 Å². The third kappa shape index (κ3) is 6.33. The molecule has 3 N–H and O–H groups in total. The zero-order valence-electron chi connectivity index (χ0n) is 23.4. The molecule has 8 nitrogen and oxygen atoms in total. The Balaban J connectivity index is 1.46. The number of methoxy groups -OCH3 is 1. The van der Waals surface area contributed by atoms with E-state index in [-0.39, 0.29) is 23.5 Å². The first-order valence-corrected chi connectivity index (χ1v) is 14.2. The number of carbonyl (C=O) groups excluding carboxylic acids is 2. The molecule has 1 amide bonds. The molecular formula is C32H37N5O3. The molecule has 0 saturated heterocycles. The van der Waals surface area contributed by atoms with E-state index in [1.165, 1.54) is 0 Å². The number of aromatic nitrogens is 3. The van der Waals surface area contributed by atoms with Crippen molar-refractivity contribution < 1.29 is 14.3 Å². The highest BCUT2D eigenvalue weighted by Crippen LogP contribution is 2.38. The number of hydrogen-bond acceptors (Lipinski definition) is 6. The lowest BCUT2D eigenvalue weighted by Crippen LogP contribution is -2.24. The summed E-state index contributed by atoms with van der Waals surface area (Å²) in [7, 11) is 1.63. The van der Waals surface area contributed by atoms with Gasteiger partial charge >= 0.3 is 0 Å². The van der Waals surface area contributed by atoms with E-state index in [9.17, 15) is 9.59 Å². The molecule has 2 aliphatic rings. The summed E-state index contributed by atoms with van der Waals surface area (Å²) in [4.78, 5) is 37.6. The number of aromatic amines is 1. The highest BCUT2D eigenvalue weighted by Gasteiger charge is 2.30. The molecule has 0 spiro atoms. The quantitative estimate of drug-likeness (QED) is 0.181. The number of benzene rings is 1. The largest absolute Gasteiger partial charge is 0.494 e. The minimum Gasteiger partial charge on any atom is -0.494 e. The predicted molar refractivity (Wildman–Crippen MR) is 157 cm³/mol. The van der Waals surface area contributed by atoms with E-state index in [1.807, 2.05) is 43.3 Å². The van der Waals surface area contributed by atoms with Crippen molar-refractivity contribution in [3.05, 3.63) is 77.8 Å². The first kappa shape index (κ1) is 27.4. The molecule has 2 aliphatic carbocycles. The number of nitrogens with one attached hydrogen (secondary N) is 3. The fourth-order valence-electron chi connectivity index (χ4n) is 4.71. The van der Waals surface area contributed by atoms with Crippen LogP contribution in [0.4, 0.5) is 5.69 Å². The Morgan fingerprint density at radius 2 is 1.90 bits per heavy atom. The number of H-pyrrole nitrogens is 1. The predicted octanol–water partition coefficient (Wildman–Crippen LogP) is 6.43. The van der Waals surface area contributed by atoms with Crippen LogP contribution in [0.5, 0.6) is 5.75 Å². The number of hydrogen-bond donors (Lipinski definition) is 3. The van der Waals surface area contributed by atoms with Gasteiger partial charge in [0.25, 0.3) is 0 Å². The maximum atomic E-state index is 12.6. The summed E-state index contributed by atoms with van der Waals surface area (Å²) in [5, 5.41) is 6.60. The molecular weight excluding hydrogens is 502 g/mol. The van der Waals surface area contributed by atoms with Crippen LogP contribution in [-0.4, -0.2) is 33.8 Å². The fraction of sp³-hybridized carbons (Fsp3) is 0.375. The molecule has 0 bridgehead atoms. The van der Waals surface area contributed by atoms with Gasteiger partial charge in [-0.05, 0) is 57.2 Å². The number of rotatable bonds is 12. The molecule has 2 saturated carbocycles. The number of Topliss-reactive ketones (excluding diaryl/α,β-unsaturated/α-hetero) is 1. The van der Waals surface area contributed by atoms with Gasteiger partial charge in [-0.25, -0.2) is 4.98 Å². The monoisotopic (exact) mass is 539 g/mol. The number of carbonyl (C=O) groups is 2. The maximum Gasteiger partial charge on any atom is 0.227 e. The van der Waals surface area contributed by atoms with Gasteiger partial charge in [-0.3, -0.25) is 14.6 Å². The van der Waals surface area contributed by atoms with Crippen molar-refractivity contribution in [1.29, 1.82) is 0 Å². The average molecular weight is 540 g/mol. The topological polar surface area (TPSA) is 109 Å². The van der Waals surface area contributed by atoms with Crippen molar-refractivity contribution in [2.75, 3.05) is 12.4 Å². The highest BCUT2D eigenvalue weighted by atomic mass is 16.5. The zero-order chi connectivity index (χ0) is 28.1. The molecule has 1 aromatic carbocycles. The number of ketones is 1. The molecule has 0 radical (unpaired) electrons. The molecule has 2 heterocycles. The van der Waals surface area contributed by atoms with Crippen molar-refractivity contribution in [3.63, 3.8) is 0 Å². The zero-order valence-corrected chi connectivity index (χ0v) is 23.4. The second-order valence-corrected chi connectivity index (χ2v) is 10.6. The van der Waals surface area contributed by atoms with Gasteiger partial charge in [-0.15, -0.1) is 0 Å². The summed E-state index contributed by atoms with van der Waals surface area (Å²) in [5.41, 5.74) is 5.31. The van der Waals surface area contributed by atoms with E-state index in [4.69, 9.17) is 4.74 Å². The average Bonchev–Trinajstić information content (AvgIpc) is 3.70. The molecule has 0 unspecified atom stereocenters. The summed E-state index contributed by atoms with van der Waals surface area (Å²) >= 11 is 0. The Bertz CT molecular complexity index is 1430. The lowest BCUT2D eigenvalue weighted by Gasteiger charge is -2.23. The molecule has 8 heteroatoms. The van der Waals surface area contributed by atoms with Gasteiger partial charge in [0.15, 0.2) is 11.6 Å². The van der Waals surface area contributed by atoms with Gasteiger partial charge in [-0.2, -0.15) is 0 Å². The van der Waals surface area contributed by atoms with E-state index >= 15 is 0 Å². The molecule has 2 fully saturated rings. The summed E-state index contributed by atoms with van der Waals surface area (Å²) in [6.07, 6.45) is 14.2. The van der Waals surface area contributed by atoms with Crippen molar-refractivity contribution in [2.24, 2.45) is 11.8 Å². The molecule has 208 valence electrons. The number of aryl methyl sites for hydroxylation is 1. The van der Waals surface area contributed by atoms with Crippen LogP contribution in [0.1, 0.15) is 73.9 Å². The second-order valence-electron chi connectivity index (χ2n) is 10.6. The van der Waals surface area contributed by atoms with Gasteiger partial charge in [0, 0.05) is 46.7 Å². The number of para-hydroxylation sites is 1. The molecule has 3 aromatic rings. The maximum absolute atomic E-state index is 12.6.